The second-order valence-electron chi connectivity index (χ2n) is 6.22. The lowest BCUT2D eigenvalue weighted by Gasteiger charge is -2.25. The van der Waals surface area contributed by atoms with Gasteiger partial charge < -0.3 is 10.1 Å². The van der Waals surface area contributed by atoms with E-state index in [2.05, 4.69) is 35.3 Å². The summed E-state index contributed by atoms with van der Waals surface area (Å²) < 4.78 is 5.45. The highest BCUT2D eigenvalue weighted by molar-refractivity contribution is 5.33. The standard InChI is InChI=1S/C17H26N2O/c1-13(12-14-6-3-4-8-17(14)20-2)18-15-9-11-19-10-5-7-16(15)19/h3-4,6,8,13,15-16,18H,5,7,9-12H2,1-2H3. The first-order valence-electron chi connectivity index (χ1n) is 7.90. The van der Waals surface area contributed by atoms with Crippen LogP contribution in [0.3, 0.4) is 0 Å². The quantitative estimate of drug-likeness (QED) is 0.892. The number of para-hydroxylation sites is 1. The van der Waals surface area contributed by atoms with Crippen molar-refractivity contribution in [2.45, 2.75) is 50.7 Å². The number of nitrogens with zero attached hydrogens (tertiary/aromatic N) is 1. The molecule has 0 radical (unpaired) electrons. The highest BCUT2D eigenvalue weighted by Gasteiger charge is 2.37. The minimum Gasteiger partial charge on any atom is -0.496 e. The molecule has 3 rings (SSSR count). The largest absolute Gasteiger partial charge is 0.496 e. The lowest BCUT2D eigenvalue weighted by molar-refractivity contribution is 0.290. The van der Waals surface area contributed by atoms with E-state index < -0.39 is 0 Å². The number of rotatable bonds is 5. The molecule has 3 heteroatoms. The van der Waals surface area contributed by atoms with Gasteiger partial charge in [0.05, 0.1) is 7.11 Å². The predicted octanol–water partition coefficient (Wildman–Crippen LogP) is 2.45. The second kappa shape index (κ2) is 6.15. The summed E-state index contributed by atoms with van der Waals surface area (Å²) in [5.74, 6) is 1.01. The molecule has 1 aromatic carbocycles. The minimum atomic E-state index is 0.497. The first-order chi connectivity index (χ1) is 9.78. The molecule has 0 aromatic heterocycles. The van der Waals surface area contributed by atoms with E-state index in [9.17, 15) is 0 Å². The van der Waals surface area contributed by atoms with Gasteiger partial charge in [-0.1, -0.05) is 18.2 Å². The van der Waals surface area contributed by atoms with Gasteiger partial charge in [0.25, 0.3) is 0 Å². The fourth-order valence-corrected chi connectivity index (χ4v) is 3.90. The summed E-state index contributed by atoms with van der Waals surface area (Å²) in [5.41, 5.74) is 1.30. The van der Waals surface area contributed by atoms with Gasteiger partial charge in [0.15, 0.2) is 0 Å². The van der Waals surface area contributed by atoms with Crippen molar-refractivity contribution in [3.05, 3.63) is 29.8 Å². The summed E-state index contributed by atoms with van der Waals surface area (Å²) in [5, 5.41) is 3.85. The van der Waals surface area contributed by atoms with Crippen LogP contribution in [0.1, 0.15) is 31.7 Å². The maximum Gasteiger partial charge on any atom is 0.122 e. The topological polar surface area (TPSA) is 24.5 Å². The van der Waals surface area contributed by atoms with Crippen LogP contribution in [-0.2, 0) is 6.42 Å². The van der Waals surface area contributed by atoms with Gasteiger partial charge in [-0.15, -0.1) is 0 Å². The van der Waals surface area contributed by atoms with Crippen LogP contribution in [-0.4, -0.2) is 43.2 Å². The Morgan fingerprint density at radius 1 is 1.30 bits per heavy atom. The molecule has 2 saturated heterocycles. The normalized spacial score (nSPS) is 27.5. The van der Waals surface area contributed by atoms with Crippen LogP contribution in [0.2, 0.25) is 0 Å². The third-order valence-electron chi connectivity index (χ3n) is 4.82. The molecule has 0 bridgehead atoms. The summed E-state index contributed by atoms with van der Waals surface area (Å²) in [6, 6.07) is 10.3. The average molecular weight is 274 g/mol. The first kappa shape index (κ1) is 13.9. The van der Waals surface area contributed by atoms with Crippen LogP contribution >= 0.6 is 0 Å². The Labute approximate surface area is 122 Å². The molecule has 3 atom stereocenters. The SMILES string of the molecule is COc1ccccc1CC(C)NC1CCN2CCCC12. The Hall–Kier alpha value is -1.06. The van der Waals surface area contributed by atoms with Crippen molar-refractivity contribution in [1.29, 1.82) is 0 Å². The van der Waals surface area contributed by atoms with Gasteiger partial charge in [-0.2, -0.15) is 0 Å². The molecule has 0 spiro atoms. The van der Waals surface area contributed by atoms with Gasteiger partial charge in [0, 0.05) is 24.7 Å². The van der Waals surface area contributed by atoms with Crippen LogP contribution < -0.4 is 10.1 Å². The molecule has 0 amide bonds. The highest BCUT2D eigenvalue weighted by Crippen LogP contribution is 2.28. The van der Waals surface area contributed by atoms with Gasteiger partial charge in [-0.3, -0.25) is 4.90 Å². The molecule has 0 aliphatic carbocycles. The molecular formula is C17H26N2O. The molecule has 1 aromatic rings. The van der Waals surface area contributed by atoms with Crippen LogP contribution in [0.5, 0.6) is 5.75 Å². The fourth-order valence-electron chi connectivity index (χ4n) is 3.90. The van der Waals surface area contributed by atoms with Gasteiger partial charge >= 0.3 is 0 Å². The van der Waals surface area contributed by atoms with E-state index in [1.165, 1.54) is 37.9 Å². The summed E-state index contributed by atoms with van der Waals surface area (Å²) in [4.78, 5) is 2.66. The maximum atomic E-state index is 5.45. The van der Waals surface area contributed by atoms with Crippen molar-refractivity contribution in [3.8, 4) is 5.75 Å². The number of fused-ring (bicyclic) bond motifs is 1. The van der Waals surface area contributed by atoms with Crippen molar-refractivity contribution in [1.82, 2.24) is 10.2 Å². The number of hydrogen-bond acceptors (Lipinski definition) is 3. The summed E-state index contributed by atoms with van der Waals surface area (Å²) in [7, 11) is 1.75. The fraction of sp³-hybridized carbons (Fsp3) is 0.647. The Morgan fingerprint density at radius 3 is 3.00 bits per heavy atom. The predicted molar refractivity (Wildman–Crippen MR) is 82.3 cm³/mol. The van der Waals surface area contributed by atoms with E-state index in [0.29, 0.717) is 12.1 Å². The molecule has 0 saturated carbocycles. The van der Waals surface area contributed by atoms with Crippen molar-refractivity contribution < 1.29 is 4.74 Å². The van der Waals surface area contributed by atoms with E-state index in [4.69, 9.17) is 4.74 Å². The van der Waals surface area contributed by atoms with Crippen LogP contribution in [0.4, 0.5) is 0 Å². The summed E-state index contributed by atoms with van der Waals surface area (Å²) >= 11 is 0. The lowest BCUT2D eigenvalue weighted by atomic mass is 10.0. The third-order valence-corrected chi connectivity index (χ3v) is 4.82. The number of methoxy groups -OCH3 is 1. The number of benzene rings is 1. The molecule has 20 heavy (non-hydrogen) atoms. The average Bonchev–Trinajstić information content (AvgIpc) is 3.04. The first-order valence-corrected chi connectivity index (χ1v) is 7.90. The smallest absolute Gasteiger partial charge is 0.122 e. The molecule has 1 N–H and O–H groups in total. The molecule has 2 aliphatic heterocycles. The van der Waals surface area contributed by atoms with Gasteiger partial charge in [-0.05, 0) is 50.8 Å². The lowest BCUT2D eigenvalue weighted by Crippen LogP contribution is -2.44. The minimum absolute atomic E-state index is 0.497. The highest BCUT2D eigenvalue weighted by atomic mass is 16.5. The molecular weight excluding hydrogens is 248 g/mol. The van der Waals surface area contributed by atoms with Crippen molar-refractivity contribution in [2.75, 3.05) is 20.2 Å². The van der Waals surface area contributed by atoms with E-state index in [1.54, 1.807) is 7.11 Å². The van der Waals surface area contributed by atoms with Crippen molar-refractivity contribution >= 4 is 0 Å². The Balaban J connectivity index is 1.58. The molecule has 2 aliphatic rings. The van der Waals surface area contributed by atoms with E-state index in [1.807, 2.05) is 6.07 Å². The number of nitrogens with one attached hydrogen (secondary N) is 1. The molecule has 3 unspecified atom stereocenters. The second-order valence-corrected chi connectivity index (χ2v) is 6.22. The number of ether oxygens (including phenoxy) is 1. The Morgan fingerprint density at radius 2 is 2.15 bits per heavy atom. The monoisotopic (exact) mass is 274 g/mol. The van der Waals surface area contributed by atoms with E-state index in [0.717, 1.165) is 18.2 Å². The molecule has 110 valence electrons. The van der Waals surface area contributed by atoms with Gasteiger partial charge in [0.1, 0.15) is 5.75 Å². The zero-order valence-corrected chi connectivity index (χ0v) is 12.6. The summed E-state index contributed by atoms with van der Waals surface area (Å²) in [6.07, 6.45) is 5.09. The molecule has 2 heterocycles. The summed E-state index contributed by atoms with van der Waals surface area (Å²) in [6.45, 7) is 4.89. The van der Waals surface area contributed by atoms with Crippen LogP contribution in [0.25, 0.3) is 0 Å². The van der Waals surface area contributed by atoms with E-state index >= 15 is 0 Å². The van der Waals surface area contributed by atoms with Gasteiger partial charge in [0.2, 0.25) is 0 Å². The molecule has 3 nitrogen and oxygen atoms in total. The Kier molecular flexibility index (Phi) is 4.27. The zero-order valence-electron chi connectivity index (χ0n) is 12.6. The van der Waals surface area contributed by atoms with Crippen LogP contribution in [0.15, 0.2) is 24.3 Å². The van der Waals surface area contributed by atoms with Crippen molar-refractivity contribution in [2.24, 2.45) is 0 Å². The maximum absolute atomic E-state index is 5.45. The third kappa shape index (κ3) is 2.84. The molecule has 2 fully saturated rings. The van der Waals surface area contributed by atoms with E-state index in [-0.39, 0.29) is 0 Å². The van der Waals surface area contributed by atoms with Crippen molar-refractivity contribution in [3.63, 3.8) is 0 Å². The Bertz CT molecular complexity index is 448. The number of hydrogen-bond donors (Lipinski definition) is 1. The zero-order chi connectivity index (χ0) is 13.9. The van der Waals surface area contributed by atoms with Crippen LogP contribution in [0, 0.1) is 0 Å². The van der Waals surface area contributed by atoms with Gasteiger partial charge in [-0.25, -0.2) is 0 Å².